The maximum Gasteiger partial charge on any atom is 0.269 e. The molecule has 1 unspecified atom stereocenters. The average Bonchev–Trinajstić information content (AvgIpc) is 2.73. The number of hydrogen-bond acceptors (Lipinski definition) is 7. The van der Waals surface area contributed by atoms with Crippen molar-refractivity contribution in [1.29, 1.82) is 5.26 Å². The summed E-state index contributed by atoms with van der Waals surface area (Å²) in [6.45, 7) is 0.986. The molecule has 2 aromatic rings. The summed E-state index contributed by atoms with van der Waals surface area (Å²) in [6, 6.07) is 7.89. The summed E-state index contributed by atoms with van der Waals surface area (Å²) in [6.07, 6.45) is 7.18. The SMILES string of the molecule is N#Cc1nccnc1OC1CCCN(C(=O)/C=C/c2ccc([N+](=O)[O-])cc2)C1. The molecule has 3 rings (SSSR count). The van der Waals surface area contributed by atoms with Crippen LogP contribution in [0.1, 0.15) is 24.1 Å². The van der Waals surface area contributed by atoms with Gasteiger partial charge in [-0.05, 0) is 36.6 Å². The van der Waals surface area contributed by atoms with E-state index in [0.29, 0.717) is 18.7 Å². The molecule has 1 aromatic carbocycles. The second-order valence-electron chi connectivity index (χ2n) is 6.17. The van der Waals surface area contributed by atoms with Crippen LogP contribution in [0.25, 0.3) is 6.08 Å². The Kier molecular flexibility index (Phi) is 5.91. The maximum atomic E-state index is 12.5. The summed E-state index contributed by atoms with van der Waals surface area (Å²) in [4.78, 5) is 32.3. The molecule has 1 aliphatic heterocycles. The molecule has 1 aliphatic rings. The van der Waals surface area contributed by atoms with Crippen LogP contribution in [0, 0.1) is 21.4 Å². The van der Waals surface area contributed by atoms with Gasteiger partial charge in [-0.2, -0.15) is 5.26 Å². The molecule has 1 fully saturated rings. The number of benzene rings is 1. The molecule has 1 amide bonds. The number of nitriles is 1. The fourth-order valence-electron chi connectivity index (χ4n) is 2.86. The van der Waals surface area contributed by atoms with Gasteiger partial charge in [0.1, 0.15) is 12.2 Å². The molecular weight excluding hydrogens is 362 g/mol. The summed E-state index contributed by atoms with van der Waals surface area (Å²) < 4.78 is 5.78. The number of ether oxygens (including phenoxy) is 1. The summed E-state index contributed by atoms with van der Waals surface area (Å²) in [5.41, 5.74) is 0.811. The normalized spacial score (nSPS) is 16.5. The minimum Gasteiger partial charge on any atom is -0.470 e. The van der Waals surface area contributed by atoms with Crippen LogP contribution in [0.4, 0.5) is 5.69 Å². The molecule has 1 atom stereocenters. The zero-order chi connectivity index (χ0) is 19.9. The Morgan fingerprint density at radius 1 is 1.32 bits per heavy atom. The summed E-state index contributed by atoms with van der Waals surface area (Å²) >= 11 is 0. The van der Waals surface area contributed by atoms with Gasteiger partial charge in [-0.1, -0.05) is 0 Å². The van der Waals surface area contributed by atoms with Crippen molar-refractivity contribution in [2.24, 2.45) is 0 Å². The Bertz CT molecular complexity index is 936. The maximum absolute atomic E-state index is 12.5. The lowest BCUT2D eigenvalue weighted by Crippen LogP contribution is -2.43. The van der Waals surface area contributed by atoms with E-state index in [1.54, 1.807) is 23.1 Å². The van der Waals surface area contributed by atoms with Crippen LogP contribution in [0.15, 0.2) is 42.7 Å². The third-order valence-electron chi connectivity index (χ3n) is 4.26. The van der Waals surface area contributed by atoms with Crippen LogP contribution >= 0.6 is 0 Å². The fraction of sp³-hybridized carbons (Fsp3) is 0.263. The Morgan fingerprint density at radius 3 is 2.79 bits per heavy atom. The van der Waals surface area contributed by atoms with Crippen molar-refractivity contribution in [2.75, 3.05) is 13.1 Å². The molecule has 0 saturated carbocycles. The standard InChI is InChI=1S/C19H17N5O4/c20-12-17-19(22-10-9-21-17)28-16-2-1-11-23(13-16)18(25)8-5-14-3-6-15(7-4-14)24(26)27/h3-10,16H,1-2,11,13H2/b8-5+. The van der Waals surface area contributed by atoms with Gasteiger partial charge in [-0.25, -0.2) is 9.97 Å². The summed E-state index contributed by atoms with van der Waals surface area (Å²) in [5, 5.41) is 19.7. The molecule has 0 bridgehead atoms. The number of amides is 1. The Balaban J connectivity index is 1.61. The Hall–Kier alpha value is -3.80. The predicted octanol–water partition coefficient (Wildman–Crippen LogP) is 2.34. The zero-order valence-electron chi connectivity index (χ0n) is 14.9. The molecule has 2 heterocycles. The average molecular weight is 379 g/mol. The number of non-ortho nitro benzene ring substituents is 1. The first-order valence-corrected chi connectivity index (χ1v) is 8.66. The second kappa shape index (κ2) is 8.73. The number of aromatic nitrogens is 2. The van der Waals surface area contributed by atoms with Crippen molar-refractivity contribution in [3.8, 4) is 11.9 Å². The highest BCUT2D eigenvalue weighted by Crippen LogP contribution is 2.19. The van der Waals surface area contributed by atoms with Crippen LogP contribution < -0.4 is 4.74 Å². The van der Waals surface area contributed by atoms with E-state index in [1.165, 1.54) is 30.6 Å². The van der Waals surface area contributed by atoms with E-state index in [0.717, 1.165) is 12.8 Å². The lowest BCUT2D eigenvalue weighted by atomic mass is 10.1. The Morgan fingerprint density at radius 2 is 2.07 bits per heavy atom. The highest BCUT2D eigenvalue weighted by atomic mass is 16.6. The summed E-state index contributed by atoms with van der Waals surface area (Å²) in [7, 11) is 0. The van der Waals surface area contributed by atoms with E-state index < -0.39 is 4.92 Å². The molecule has 0 N–H and O–H groups in total. The van der Waals surface area contributed by atoms with Crippen LogP contribution in [0.5, 0.6) is 5.88 Å². The molecule has 142 valence electrons. The van der Waals surface area contributed by atoms with Gasteiger partial charge in [-0.15, -0.1) is 0 Å². The number of rotatable bonds is 5. The fourth-order valence-corrected chi connectivity index (χ4v) is 2.86. The van der Waals surface area contributed by atoms with Gasteiger partial charge in [0.05, 0.1) is 11.5 Å². The van der Waals surface area contributed by atoms with Gasteiger partial charge in [0, 0.05) is 37.1 Å². The minimum atomic E-state index is -0.471. The van der Waals surface area contributed by atoms with Crippen LogP contribution in [0.2, 0.25) is 0 Å². The van der Waals surface area contributed by atoms with Crippen molar-refractivity contribution in [3.05, 3.63) is 64.1 Å². The highest BCUT2D eigenvalue weighted by Gasteiger charge is 2.25. The van der Waals surface area contributed by atoms with Gasteiger partial charge in [0.15, 0.2) is 0 Å². The lowest BCUT2D eigenvalue weighted by Gasteiger charge is -2.32. The zero-order valence-corrected chi connectivity index (χ0v) is 14.9. The van der Waals surface area contributed by atoms with E-state index in [4.69, 9.17) is 10.00 Å². The van der Waals surface area contributed by atoms with Crippen molar-refractivity contribution >= 4 is 17.7 Å². The smallest absolute Gasteiger partial charge is 0.269 e. The van der Waals surface area contributed by atoms with E-state index in [-0.39, 0.29) is 29.3 Å². The first-order chi connectivity index (χ1) is 13.6. The number of hydrogen-bond donors (Lipinski definition) is 0. The second-order valence-corrected chi connectivity index (χ2v) is 6.17. The van der Waals surface area contributed by atoms with Gasteiger partial charge < -0.3 is 9.64 Å². The van der Waals surface area contributed by atoms with Crippen molar-refractivity contribution in [1.82, 2.24) is 14.9 Å². The molecule has 1 aromatic heterocycles. The Labute approximate surface area is 161 Å². The van der Waals surface area contributed by atoms with E-state index in [1.807, 2.05) is 6.07 Å². The van der Waals surface area contributed by atoms with Crippen molar-refractivity contribution in [2.45, 2.75) is 18.9 Å². The number of piperidine rings is 1. The van der Waals surface area contributed by atoms with Gasteiger partial charge in [0.2, 0.25) is 11.6 Å². The molecule has 0 spiro atoms. The van der Waals surface area contributed by atoms with Gasteiger partial charge in [-0.3, -0.25) is 14.9 Å². The van der Waals surface area contributed by atoms with Crippen molar-refractivity contribution in [3.63, 3.8) is 0 Å². The number of carbonyl (C=O) groups is 1. The topological polar surface area (TPSA) is 122 Å². The first kappa shape index (κ1) is 19.0. The summed E-state index contributed by atoms with van der Waals surface area (Å²) in [5.74, 6) is -0.00275. The van der Waals surface area contributed by atoms with Crippen LogP contribution in [-0.4, -0.2) is 44.9 Å². The molecule has 28 heavy (non-hydrogen) atoms. The number of likely N-dealkylation sites (tertiary alicyclic amines) is 1. The lowest BCUT2D eigenvalue weighted by molar-refractivity contribution is -0.384. The van der Waals surface area contributed by atoms with Crippen LogP contribution in [0.3, 0.4) is 0 Å². The molecular formula is C19H17N5O4. The third kappa shape index (κ3) is 4.67. The van der Waals surface area contributed by atoms with E-state index >= 15 is 0 Å². The van der Waals surface area contributed by atoms with Gasteiger partial charge >= 0.3 is 0 Å². The monoisotopic (exact) mass is 379 g/mol. The third-order valence-corrected chi connectivity index (χ3v) is 4.26. The number of nitrogens with zero attached hydrogens (tertiary/aromatic N) is 5. The minimum absolute atomic E-state index is 0.000229. The number of nitro groups is 1. The van der Waals surface area contributed by atoms with Crippen LogP contribution in [-0.2, 0) is 4.79 Å². The molecule has 1 saturated heterocycles. The number of nitro benzene ring substituents is 1. The molecule has 9 nitrogen and oxygen atoms in total. The molecule has 0 radical (unpaired) electrons. The van der Waals surface area contributed by atoms with E-state index in [9.17, 15) is 14.9 Å². The number of carbonyl (C=O) groups excluding carboxylic acids is 1. The van der Waals surface area contributed by atoms with Gasteiger partial charge in [0.25, 0.3) is 11.6 Å². The molecule has 0 aliphatic carbocycles. The quantitative estimate of drug-likeness (QED) is 0.444. The van der Waals surface area contributed by atoms with Crippen molar-refractivity contribution < 1.29 is 14.5 Å². The molecule has 9 heteroatoms. The largest absolute Gasteiger partial charge is 0.470 e. The highest BCUT2D eigenvalue weighted by molar-refractivity contribution is 5.91. The predicted molar refractivity (Wildman–Crippen MR) is 99.1 cm³/mol. The first-order valence-electron chi connectivity index (χ1n) is 8.66. The van der Waals surface area contributed by atoms with E-state index in [2.05, 4.69) is 9.97 Å².